The van der Waals surface area contributed by atoms with Crippen LogP contribution >= 0.6 is 23.1 Å². The van der Waals surface area contributed by atoms with Crippen molar-refractivity contribution >= 4 is 51.9 Å². The summed E-state index contributed by atoms with van der Waals surface area (Å²) in [5.41, 5.74) is 1.93. The van der Waals surface area contributed by atoms with Gasteiger partial charge >= 0.3 is 11.9 Å². The van der Waals surface area contributed by atoms with Crippen LogP contribution in [-0.4, -0.2) is 64.1 Å². The fourth-order valence-corrected chi connectivity index (χ4v) is 6.29. The summed E-state index contributed by atoms with van der Waals surface area (Å²) < 4.78 is 17.3. The van der Waals surface area contributed by atoms with Gasteiger partial charge in [-0.1, -0.05) is 42.1 Å². The minimum atomic E-state index is -0.691. The molecule has 4 rings (SSSR count). The number of carbonyl (C=O) groups is 4. The number of thiophene rings is 1. The molecule has 2 amide bonds. The lowest BCUT2D eigenvalue weighted by atomic mass is 10.1. The molecule has 2 heterocycles. The predicted molar refractivity (Wildman–Crippen MR) is 175 cm³/mol. The largest absolute Gasteiger partial charge is 0.497 e. The first-order valence-electron chi connectivity index (χ1n) is 14.5. The van der Waals surface area contributed by atoms with E-state index in [1.807, 2.05) is 34.9 Å². The Morgan fingerprint density at radius 2 is 1.63 bits per heavy atom. The van der Waals surface area contributed by atoms with Crippen molar-refractivity contribution in [2.24, 2.45) is 0 Å². The summed E-state index contributed by atoms with van der Waals surface area (Å²) in [4.78, 5) is 51.8. The number of amides is 2. The normalized spacial score (nSPS) is 11.4. The summed E-state index contributed by atoms with van der Waals surface area (Å²) in [6.07, 6.45) is 0. The van der Waals surface area contributed by atoms with Crippen molar-refractivity contribution in [3.63, 3.8) is 0 Å². The van der Waals surface area contributed by atoms with Crippen LogP contribution in [-0.2, 0) is 27.4 Å². The van der Waals surface area contributed by atoms with Crippen molar-refractivity contribution in [1.29, 1.82) is 0 Å². The van der Waals surface area contributed by atoms with Crippen LogP contribution < -0.4 is 15.4 Å². The first-order valence-corrected chi connectivity index (χ1v) is 16.2. The van der Waals surface area contributed by atoms with Crippen molar-refractivity contribution < 1.29 is 33.4 Å². The van der Waals surface area contributed by atoms with E-state index in [2.05, 4.69) is 20.8 Å². The monoisotopic (exact) mass is 665 g/mol. The topological polar surface area (TPSA) is 151 Å². The molecule has 46 heavy (non-hydrogen) atoms. The highest BCUT2D eigenvalue weighted by atomic mass is 32.2. The molecule has 2 aromatic heterocycles. The van der Waals surface area contributed by atoms with Crippen molar-refractivity contribution in [3.8, 4) is 5.75 Å². The molecule has 0 saturated heterocycles. The molecule has 0 aliphatic carbocycles. The van der Waals surface area contributed by atoms with Crippen LogP contribution in [0.5, 0.6) is 5.75 Å². The molecule has 0 radical (unpaired) electrons. The number of thioether (sulfide) groups is 1. The number of methoxy groups -OCH3 is 1. The van der Waals surface area contributed by atoms with E-state index in [1.165, 1.54) is 11.8 Å². The van der Waals surface area contributed by atoms with Gasteiger partial charge in [-0.2, -0.15) is 0 Å². The molecule has 2 N–H and O–H groups in total. The van der Waals surface area contributed by atoms with E-state index < -0.39 is 23.1 Å². The van der Waals surface area contributed by atoms with Crippen LogP contribution in [0.3, 0.4) is 0 Å². The Morgan fingerprint density at radius 1 is 0.957 bits per heavy atom. The van der Waals surface area contributed by atoms with E-state index in [0.717, 1.165) is 16.9 Å². The maximum atomic E-state index is 13.4. The van der Waals surface area contributed by atoms with E-state index in [9.17, 15) is 19.2 Å². The number of benzene rings is 2. The van der Waals surface area contributed by atoms with Gasteiger partial charge in [0.25, 0.3) is 5.91 Å². The zero-order valence-electron chi connectivity index (χ0n) is 26.1. The van der Waals surface area contributed by atoms with Gasteiger partial charge in [0.1, 0.15) is 15.6 Å². The number of nitrogens with one attached hydrogen (secondary N) is 2. The Balaban J connectivity index is 1.54. The first kappa shape index (κ1) is 34.2. The highest BCUT2D eigenvalue weighted by Crippen LogP contribution is 2.35. The number of esters is 2. The molecule has 2 aromatic carbocycles. The van der Waals surface area contributed by atoms with Gasteiger partial charge in [0.15, 0.2) is 11.0 Å². The number of carbonyl (C=O) groups excluding carboxylic acids is 4. The van der Waals surface area contributed by atoms with Crippen LogP contribution in [0.15, 0.2) is 59.8 Å². The lowest BCUT2D eigenvalue weighted by molar-refractivity contribution is -0.115. The van der Waals surface area contributed by atoms with Crippen molar-refractivity contribution in [2.75, 3.05) is 25.6 Å². The van der Waals surface area contributed by atoms with Gasteiger partial charge in [-0.25, -0.2) is 9.59 Å². The number of aromatic nitrogens is 3. The lowest BCUT2D eigenvalue weighted by Gasteiger charge is -2.14. The number of hydrogen-bond acceptors (Lipinski definition) is 11. The second-order valence-corrected chi connectivity index (χ2v) is 12.2. The maximum Gasteiger partial charge on any atom is 0.348 e. The van der Waals surface area contributed by atoms with E-state index >= 15 is 0 Å². The van der Waals surface area contributed by atoms with E-state index in [0.29, 0.717) is 34.4 Å². The summed E-state index contributed by atoms with van der Waals surface area (Å²) in [6.45, 7) is 7.46. The number of ether oxygens (including phenoxy) is 3. The Morgan fingerprint density at radius 3 is 2.28 bits per heavy atom. The van der Waals surface area contributed by atoms with Crippen LogP contribution in [0, 0.1) is 6.92 Å². The maximum absolute atomic E-state index is 13.4. The molecule has 0 unspecified atom stereocenters. The molecular formula is C32H35N5O7S2. The SMILES string of the molecule is CCOC(=O)c1sc(NC(=O)[C@@H](C)Sc2nnc(CNC(=O)c3ccc(OC)cc3)n2Cc2ccccc2)c(C(=O)OCC)c1C. The van der Waals surface area contributed by atoms with Crippen LogP contribution in [0.2, 0.25) is 0 Å². The summed E-state index contributed by atoms with van der Waals surface area (Å²) in [5, 5.41) is 14.3. The number of hydrogen-bond donors (Lipinski definition) is 2. The molecule has 0 aliphatic heterocycles. The fraction of sp³-hybridized carbons (Fsp3) is 0.312. The Labute approximate surface area is 274 Å². The molecule has 242 valence electrons. The van der Waals surface area contributed by atoms with Crippen molar-refractivity contribution in [1.82, 2.24) is 20.1 Å². The second kappa shape index (κ2) is 16.0. The average Bonchev–Trinajstić information content (AvgIpc) is 3.59. The Bertz CT molecular complexity index is 1690. The van der Waals surface area contributed by atoms with Crippen LogP contribution in [0.1, 0.15) is 68.1 Å². The van der Waals surface area contributed by atoms with Crippen LogP contribution in [0.25, 0.3) is 0 Å². The molecule has 4 aromatic rings. The third-order valence-corrected chi connectivity index (χ3v) is 8.98. The standard InChI is InChI=1S/C32H35N5O7S2/c1-6-43-30(40)25-19(3)26(31(41)44-7-2)46-29(25)34-27(38)20(4)45-32-36-35-24(37(32)18-21-11-9-8-10-12-21)17-33-28(39)22-13-15-23(42-5)16-14-22/h8-16,20H,6-7,17-18H2,1-5H3,(H,33,39)(H,34,38)/t20-/m1/s1. The van der Waals surface area contributed by atoms with Crippen LogP contribution in [0.4, 0.5) is 5.00 Å². The Hall–Kier alpha value is -4.69. The molecule has 1 atom stereocenters. The van der Waals surface area contributed by atoms with Gasteiger partial charge in [0, 0.05) is 5.56 Å². The third-order valence-electron chi connectivity index (χ3n) is 6.71. The number of nitrogens with zero attached hydrogens (tertiary/aromatic N) is 3. The van der Waals surface area contributed by atoms with Gasteiger partial charge < -0.3 is 29.4 Å². The van der Waals surface area contributed by atoms with Gasteiger partial charge in [-0.15, -0.1) is 21.5 Å². The fourth-order valence-electron chi connectivity index (χ4n) is 4.33. The molecule has 14 heteroatoms. The highest BCUT2D eigenvalue weighted by Gasteiger charge is 2.29. The molecule has 0 spiro atoms. The Kier molecular flexibility index (Phi) is 11.9. The highest BCUT2D eigenvalue weighted by molar-refractivity contribution is 8.00. The second-order valence-electron chi connectivity index (χ2n) is 9.83. The van der Waals surface area contributed by atoms with Crippen molar-refractivity contribution in [2.45, 2.75) is 51.2 Å². The third kappa shape index (κ3) is 8.31. The molecular weight excluding hydrogens is 631 g/mol. The minimum Gasteiger partial charge on any atom is -0.497 e. The van der Waals surface area contributed by atoms with Crippen molar-refractivity contribution in [3.05, 3.63) is 87.6 Å². The van der Waals surface area contributed by atoms with Gasteiger partial charge in [0.05, 0.1) is 44.2 Å². The summed E-state index contributed by atoms with van der Waals surface area (Å²) in [6, 6.07) is 16.4. The molecule has 12 nitrogen and oxygen atoms in total. The zero-order valence-corrected chi connectivity index (χ0v) is 27.8. The quantitative estimate of drug-likeness (QED) is 0.137. The van der Waals surface area contributed by atoms with E-state index in [-0.39, 0.29) is 41.1 Å². The summed E-state index contributed by atoms with van der Waals surface area (Å²) in [5.74, 6) is -0.797. The smallest absolute Gasteiger partial charge is 0.348 e. The van der Waals surface area contributed by atoms with E-state index in [1.54, 1.807) is 59.1 Å². The predicted octanol–water partition coefficient (Wildman–Crippen LogP) is 5.11. The molecule has 0 aliphatic rings. The average molecular weight is 666 g/mol. The summed E-state index contributed by atoms with van der Waals surface area (Å²) >= 11 is 2.13. The zero-order chi connectivity index (χ0) is 33.2. The minimum absolute atomic E-state index is 0.0971. The van der Waals surface area contributed by atoms with Gasteiger partial charge in [0.2, 0.25) is 5.91 Å². The lowest BCUT2D eigenvalue weighted by Crippen LogP contribution is -2.25. The molecule has 0 bridgehead atoms. The number of rotatable bonds is 14. The molecule has 0 fully saturated rings. The number of anilines is 1. The van der Waals surface area contributed by atoms with Gasteiger partial charge in [-0.3, -0.25) is 9.59 Å². The summed E-state index contributed by atoms with van der Waals surface area (Å²) in [7, 11) is 1.56. The molecule has 0 saturated carbocycles. The first-order chi connectivity index (χ1) is 22.2. The van der Waals surface area contributed by atoms with Gasteiger partial charge in [-0.05, 0) is 63.1 Å². The van der Waals surface area contributed by atoms with E-state index in [4.69, 9.17) is 14.2 Å².